The van der Waals surface area contributed by atoms with Crippen LogP contribution in [0.2, 0.25) is 0 Å². The van der Waals surface area contributed by atoms with Gasteiger partial charge in [0.2, 0.25) is 0 Å². The molecule has 2 heterocycles. The molecule has 1 fully saturated rings. The molecular formula is C46H85N3O9. The number of hydrogen-bond donors (Lipinski definition) is 1. The maximum absolute atomic E-state index is 13.9. The van der Waals surface area contributed by atoms with Gasteiger partial charge in [-0.25, -0.2) is 14.2 Å². The molecule has 0 aliphatic carbocycles. The molecule has 0 bridgehead atoms. The number of nitrogens with zero attached hydrogens (tertiary/aromatic N) is 3. The zero-order valence-electron chi connectivity index (χ0n) is 37.9. The maximum atomic E-state index is 13.9. The number of ether oxygens (including phenoxy) is 4. The summed E-state index contributed by atoms with van der Waals surface area (Å²) < 4.78 is 26.7. The molecule has 12 nitrogen and oxygen atoms in total. The van der Waals surface area contributed by atoms with Gasteiger partial charge in [-0.3, -0.25) is 14.2 Å². The summed E-state index contributed by atoms with van der Waals surface area (Å²) in [5.74, 6) is -1.01. The number of aromatic nitrogens is 2. The second-order valence-corrected chi connectivity index (χ2v) is 16.5. The Morgan fingerprint density at radius 1 is 0.707 bits per heavy atom. The van der Waals surface area contributed by atoms with E-state index in [0.29, 0.717) is 13.0 Å². The van der Waals surface area contributed by atoms with Gasteiger partial charge in [-0.05, 0) is 65.5 Å². The molecule has 0 spiro atoms. The van der Waals surface area contributed by atoms with Crippen molar-refractivity contribution in [2.45, 2.75) is 225 Å². The first-order chi connectivity index (χ1) is 28.1. The molecule has 58 heavy (non-hydrogen) atoms. The summed E-state index contributed by atoms with van der Waals surface area (Å²) in [6, 6.07) is 1.27. The second kappa shape index (κ2) is 34.2. The number of likely N-dealkylation sites (N-methyl/N-ethyl adjacent to an activating group) is 1. The van der Waals surface area contributed by atoms with Gasteiger partial charge in [0.05, 0.1) is 6.10 Å². The Morgan fingerprint density at radius 2 is 1.14 bits per heavy atom. The predicted molar refractivity (Wildman–Crippen MR) is 233 cm³/mol. The molecule has 1 aromatic heterocycles. The highest BCUT2D eigenvalue weighted by Gasteiger charge is 2.39. The standard InChI is InChI=1S/C45H81N3O8.CH4O/c1-7-11-15-19-21-25-29-37(27-23-17-13-9-3)54-42(50)35-48-41(49)31-32-47(45(48)52)44-40(33-39(56-44)34-46(5)6)53-36-43(51)55-38(28-24-18-14-10-4)30-26-22-20-16-12-8-2;1-2/h31-32,37-40,44H,7-30,33-36H2,1-6H3;2H,1H3/t37?,38?,39-,40+,44+;/m0./s1. The zero-order chi connectivity index (χ0) is 43.0. The van der Waals surface area contributed by atoms with Crippen LogP contribution in [0.1, 0.15) is 194 Å². The van der Waals surface area contributed by atoms with Crippen molar-refractivity contribution >= 4 is 11.9 Å². The molecule has 5 atom stereocenters. The molecule has 12 heteroatoms. The van der Waals surface area contributed by atoms with Gasteiger partial charge in [-0.2, -0.15) is 0 Å². The number of hydrogen-bond acceptors (Lipinski definition) is 10. The number of esters is 2. The highest BCUT2D eigenvalue weighted by molar-refractivity contribution is 5.71. The molecule has 1 aliphatic rings. The van der Waals surface area contributed by atoms with Crippen molar-refractivity contribution in [3.05, 3.63) is 33.1 Å². The number of aliphatic hydroxyl groups excluding tert-OH is 1. The Bertz CT molecular complexity index is 1300. The first-order valence-electron chi connectivity index (χ1n) is 23.2. The molecule has 338 valence electrons. The number of carbonyl (C=O) groups is 2. The fourth-order valence-corrected chi connectivity index (χ4v) is 7.68. The van der Waals surface area contributed by atoms with Gasteiger partial charge < -0.3 is 29.0 Å². The van der Waals surface area contributed by atoms with Crippen molar-refractivity contribution in [1.82, 2.24) is 14.0 Å². The van der Waals surface area contributed by atoms with Gasteiger partial charge in [-0.15, -0.1) is 0 Å². The molecule has 1 N–H and O–H groups in total. The third-order valence-corrected chi connectivity index (χ3v) is 10.9. The van der Waals surface area contributed by atoms with E-state index in [9.17, 15) is 19.2 Å². The maximum Gasteiger partial charge on any atom is 0.333 e. The summed E-state index contributed by atoms with van der Waals surface area (Å²) in [5, 5.41) is 7.00. The van der Waals surface area contributed by atoms with Gasteiger partial charge in [0.25, 0.3) is 5.56 Å². The van der Waals surface area contributed by atoms with Crippen LogP contribution in [0.3, 0.4) is 0 Å². The predicted octanol–water partition coefficient (Wildman–Crippen LogP) is 9.12. The van der Waals surface area contributed by atoms with E-state index < -0.39 is 42.1 Å². The van der Waals surface area contributed by atoms with E-state index in [1.165, 1.54) is 74.6 Å². The van der Waals surface area contributed by atoms with Gasteiger partial charge in [0.15, 0.2) is 6.23 Å². The summed E-state index contributed by atoms with van der Waals surface area (Å²) in [5.41, 5.74) is -1.26. The van der Waals surface area contributed by atoms with Crippen LogP contribution in [0.5, 0.6) is 0 Å². The Morgan fingerprint density at radius 3 is 1.60 bits per heavy atom. The van der Waals surface area contributed by atoms with E-state index in [1.54, 1.807) is 0 Å². The molecular weight excluding hydrogens is 739 g/mol. The quantitative estimate of drug-likeness (QED) is 0.0529. The van der Waals surface area contributed by atoms with Crippen molar-refractivity contribution in [1.29, 1.82) is 0 Å². The minimum absolute atomic E-state index is 0.140. The van der Waals surface area contributed by atoms with Gasteiger partial charge >= 0.3 is 17.6 Å². The highest BCUT2D eigenvalue weighted by atomic mass is 16.6. The molecule has 1 aliphatic heterocycles. The van der Waals surface area contributed by atoms with E-state index in [-0.39, 0.29) is 24.9 Å². The summed E-state index contributed by atoms with van der Waals surface area (Å²) in [6.07, 6.45) is 25.7. The molecule has 0 aromatic carbocycles. The van der Waals surface area contributed by atoms with E-state index in [2.05, 4.69) is 27.7 Å². The van der Waals surface area contributed by atoms with Crippen LogP contribution in [0, 0.1) is 0 Å². The Labute approximate surface area is 351 Å². The van der Waals surface area contributed by atoms with Crippen molar-refractivity contribution in [3.63, 3.8) is 0 Å². The minimum atomic E-state index is -0.893. The largest absolute Gasteiger partial charge is 0.461 e. The number of rotatable bonds is 34. The average Bonchev–Trinajstić information content (AvgIpc) is 3.60. The first-order valence-corrected chi connectivity index (χ1v) is 23.2. The number of carbonyl (C=O) groups excluding carboxylic acids is 2. The molecule has 2 rings (SSSR count). The van der Waals surface area contributed by atoms with Crippen LogP contribution in [0.4, 0.5) is 0 Å². The van der Waals surface area contributed by atoms with Crippen LogP contribution in [-0.4, -0.2) is 89.9 Å². The minimum Gasteiger partial charge on any atom is -0.461 e. The van der Waals surface area contributed by atoms with Crippen LogP contribution < -0.4 is 11.2 Å². The second-order valence-electron chi connectivity index (χ2n) is 16.5. The fourth-order valence-electron chi connectivity index (χ4n) is 7.68. The van der Waals surface area contributed by atoms with Gasteiger partial charge in [0, 0.05) is 32.3 Å². The zero-order valence-corrected chi connectivity index (χ0v) is 37.9. The number of unbranched alkanes of at least 4 members (excludes halogenated alkanes) is 16. The molecule has 0 saturated carbocycles. The molecule has 0 amide bonds. The lowest BCUT2D eigenvalue weighted by molar-refractivity contribution is -0.160. The third-order valence-electron chi connectivity index (χ3n) is 10.9. The van der Waals surface area contributed by atoms with Gasteiger partial charge in [0.1, 0.15) is 31.5 Å². The van der Waals surface area contributed by atoms with Crippen molar-refractivity contribution < 1.29 is 33.6 Å². The van der Waals surface area contributed by atoms with Crippen LogP contribution in [-0.2, 0) is 35.1 Å². The Kier molecular flexibility index (Phi) is 31.5. The summed E-state index contributed by atoms with van der Waals surface area (Å²) in [7, 11) is 4.88. The smallest absolute Gasteiger partial charge is 0.333 e. The molecule has 2 unspecified atom stereocenters. The van der Waals surface area contributed by atoms with Gasteiger partial charge in [-0.1, -0.05) is 130 Å². The first kappa shape index (κ1) is 53.5. The number of aliphatic hydroxyl groups is 1. The lowest BCUT2D eigenvalue weighted by Gasteiger charge is -2.23. The van der Waals surface area contributed by atoms with E-state index in [4.69, 9.17) is 24.1 Å². The lowest BCUT2D eigenvalue weighted by Crippen LogP contribution is -2.44. The highest BCUT2D eigenvalue weighted by Crippen LogP contribution is 2.31. The topological polar surface area (TPSA) is 139 Å². The SMILES string of the molecule is CCCCCCCCC(CCCCCC)OC(=O)CO[C@@H]1C[C@@H](CN(C)C)O[C@H]1n1ccc(=O)n(CC(=O)OC(CCCCCC)CCCCCCCC)c1=O.CO. The van der Waals surface area contributed by atoms with E-state index in [0.717, 1.165) is 108 Å². The fraction of sp³-hybridized carbons (Fsp3) is 0.870. The van der Waals surface area contributed by atoms with Crippen molar-refractivity contribution in [3.8, 4) is 0 Å². The summed E-state index contributed by atoms with van der Waals surface area (Å²) in [6.45, 7) is 8.62. The van der Waals surface area contributed by atoms with E-state index >= 15 is 0 Å². The van der Waals surface area contributed by atoms with Crippen molar-refractivity contribution in [2.24, 2.45) is 0 Å². The summed E-state index contributed by atoms with van der Waals surface area (Å²) >= 11 is 0. The molecule has 1 aromatic rings. The van der Waals surface area contributed by atoms with E-state index in [1.807, 2.05) is 19.0 Å². The lowest BCUT2D eigenvalue weighted by atomic mass is 10.0. The van der Waals surface area contributed by atoms with Crippen LogP contribution in [0.15, 0.2) is 21.9 Å². The molecule has 0 radical (unpaired) electrons. The van der Waals surface area contributed by atoms with Crippen LogP contribution >= 0.6 is 0 Å². The summed E-state index contributed by atoms with van der Waals surface area (Å²) in [4.78, 5) is 55.5. The Hall–Kier alpha value is -2.54. The average molecular weight is 824 g/mol. The van der Waals surface area contributed by atoms with Crippen LogP contribution in [0.25, 0.3) is 0 Å². The molecule has 1 saturated heterocycles. The monoisotopic (exact) mass is 824 g/mol. The normalized spacial score (nSPS) is 17.5. The van der Waals surface area contributed by atoms with Crippen molar-refractivity contribution in [2.75, 3.05) is 34.4 Å². The third kappa shape index (κ3) is 23.3. The Balaban J connectivity index is 0.00000827.